The van der Waals surface area contributed by atoms with E-state index in [9.17, 15) is 17.6 Å². The van der Waals surface area contributed by atoms with E-state index >= 15 is 0 Å². The zero-order valence-electron chi connectivity index (χ0n) is 14.9. The van der Waals surface area contributed by atoms with Gasteiger partial charge in [0.15, 0.2) is 0 Å². The van der Waals surface area contributed by atoms with Crippen molar-refractivity contribution >= 4 is 62.1 Å². The van der Waals surface area contributed by atoms with Gasteiger partial charge < -0.3 is 0 Å². The molecule has 1 amide bonds. The molecule has 0 atom stereocenters. The number of hydrazine groups is 1. The van der Waals surface area contributed by atoms with E-state index in [-0.39, 0.29) is 31.9 Å². The van der Waals surface area contributed by atoms with Crippen molar-refractivity contribution in [3.8, 4) is 0 Å². The summed E-state index contributed by atoms with van der Waals surface area (Å²) in [7, 11) is -4.12. The third-order valence-electron chi connectivity index (χ3n) is 3.83. The van der Waals surface area contributed by atoms with Crippen LogP contribution in [0.4, 0.5) is 15.8 Å². The Morgan fingerprint density at radius 3 is 2.23 bits per heavy atom. The second kappa shape index (κ2) is 9.09. The lowest BCUT2D eigenvalue weighted by Crippen LogP contribution is -2.29. The number of carbonyl (C=O) groups is 1. The van der Waals surface area contributed by atoms with Crippen LogP contribution in [0.15, 0.2) is 65.6 Å². The molecule has 0 aliphatic carbocycles. The van der Waals surface area contributed by atoms with E-state index in [2.05, 4.69) is 15.6 Å². The second-order valence-corrected chi connectivity index (χ2v) is 8.87. The number of nitrogens with one attached hydrogen (secondary N) is 3. The predicted molar refractivity (Wildman–Crippen MR) is 116 cm³/mol. The van der Waals surface area contributed by atoms with Crippen LogP contribution in [0.25, 0.3) is 0 Å². The van der Waals surface area contributed by atoms with Gasteiger partial charge in [0.1, 0.15) is 5.82 Å². The highest BCUT2D eigenvalue weighted by atomic mass is 35.5. The van der Waals surface area contributed by atoms with Gasteiger partial charge in [-0.2, -0.15) is 0 Å². The Hall–Kier alpha value is -2.52. The number of hydrogen-bond donors (Lipinski definition) is 3. The quantitative estimate of drug-likeness (QED) is 0.409. The van der Waals surface area contributed by atoms with Gasteiger partial charge in [-0.3, -0.25) is 20.4 Å². The molecule has 0 aliphatic heterocycles. The van der Waals surface area contributed by atoms with Crippen molar-refractivity contribution in [3.63, 3.8) is 0 Å². The van der Waals surface area contributed by atoms with Crippen molar-refractivity contribution in [1.82, 2.24) is 5.43 Å². The van der Waals surface area contributed by atoms with Gasteiger partial charge in [-0.15, -0.1) is 0 Å². The molecule has 11 heteroatoms. The summed E-state index contributed by atoms with van der Waals surface area (Å²) in [5.41, 5.74) is 5.00. The fourth-order valence-electron chi connectivity index (χ4n) is 2.41. The first-order chi connectivity index (χ1) is 14.2. The maximum Gasteiger partial charge on any atom is 0.269 e. The average molecular weight is 489 g/mol. The second-order valence-electron chi connectivity index (χ2n) is 5.94. The summed E-state index contributed by atoms with van der Waals surface area (Å²) >= 11 is 17.9. The van der Waals surface area contributed by atoms with Gasteiger partial charge in [0.2, 0.25) is 0 Å². The van der Waals surface area contributed by atoms with E-state index in [1.807, 2.05) is 0 Å². The molecule has 0 spiro atoms. The molecule has 0 unspecified atom stereocenters. The Labute approximate surface area is 187 Å². The molecule has 0 bridgehead atoms. The molecule has 3 N–H and O–H groups in total. The molecule has 0 fully saturated rings. The van der Waals surface area contributed by atoms with E-state index in [0.717, 1.165) is 12.1 Å². The molecule has 3 aromatic rings. The zero-order valence-corrected chi connectivity index (χ0v) is 18.0. The number of sulfonamides is 1. The minimum Gasteiger partial charge on any atom is -0.295 e. The normalized spacial score (nSPS) is 11.1. The van der Waals surface area contributed by atoms with Crippen LogP contribution < -0.4 is 15.6 Å². The zero-order chi connectivity index (χ0) is 21.9. The molecule has 6 nitrogen and oxygen atoms in total. The van der Waals surface area contributed by atoms with Crippen LogP contribution in [0.2, 0.25) is 15.1 Å². The van der Waals surface area contributed by atoms with E-state index in [0.29, 0.717) is 5.02 Å². The van der Waals surface area contributed by atoms with Crippen molar-refractivity contribution in [2.24, 2.45) is 0 Å². The summed E-state index contributed by atoms with van der Waals surface area (Å²) in [4.78, 5) is 12.2. The lowest BCUT2D eigenvalue weighted by molar-refractivity contribution is 0.0962. The molecule has 0 aliphatic rings. The first kappa shape index (κ1) is 22.2. The maximum atomic E-state index is 13.8. The van der Waals surface area contributed by atoms with Crippen molar-refractivity contribution in [1.29, 1.82) is 0 Å². The summed E-state index contributed by atoms with van der Waals surface area (Å²) in [5, 5.41) is 0.679. The smallest absolute Gasteiger partial charge is 0.269 e. The number of benzene rings is 3. The predicted octanol–water partition coefficient (Wildman–Crippen LogP) is 5.34. The molecule has 30 heavy (non-hydrogen) atoms. The highest BCUT2D eigenvalue weighted by molar-refractivity contribution is 7.92. The molecular formula is C19H13Cl3FN3O3S. The molecular weight excluding hydrogens is 476 g/mol. The Morgan fingerprint density at radius 1 is 0.900 bits per heavy atom. The fraction of sp³-hybridized carbons (Fsp3) is 0. The Morgan fingerprint density at radius 2 is 1.57 bits per heavy atom. The molecule has 3 aromatic carbocycles. The molecule has 0 radical (unpaired) electrons. The number of amides is 1. The topological polar surface area (TPSA) is 87.3 Å². The van der Waals surface area contributed by atoms with Crippen LogP contribution in [0.3, 0.4) is 0 Å². The SMILES string of the molecule is O=C(NNc1c(Cl)cc(Cl)cc1Cl)c1cccc(S(=O)(=O)Nc2ccccc2F)c1. The molecule has 0 saturated heterocycles. The standard InChI is InChI=1S/C19H13Cl3FN3O3S/c20-12-9-14(21)18(15(22)10-12)24-25-19(27)11-4-3-5-13(8-11)30(28,29)26-17-7-2-1-6-16(17)23/h1-10,24,26H,(H,25,27). The molecule has 0 heterocycles. The highest BCUT2D eigenvalue weighted by Crippen LogP contribution is 2.33. The van der Waals surface area contributed by atoms with E-state index < -0.39 is 21.7 Å². The van der Waals surface area contributed by atoms with Crippen molar-refractivity contribution in [2.45, 2.75) is 4.90 Å². The largest absolute Gasteiger partial charge is 0.295 e. The lowest BCUT2D eigenvalue weighted by atomic mass is 10.2. The van der Waals surface area contributed by atoms with Gasteiger partial charge in [0.25, 0.3) is 15.9 Å². The highest BCUT2D eigenvalue weighted by Gasteiger charge is 2.18. The van der Waals surface area contributed by atoms with Crippen LogP contribution in [-0.4, -0.2) is 14.3 Å². The number of rotatable bonds is 6. The Bertz CT molecular complexity index is 1200. The van der Waals surface area contributed by atoms with Crippen molar-refractivity contribution in [3.05, 3.63) is 87.1 Å². The maximum absolute atomic E-state index is 13.8. The number of carbonyl (C=O) groups excluding carboxylic acids is 1. The van der Waals surface area contributed by atoms with Crippen LogP contribution in [0.5, 0.6) is 0 Å². The van der Waals surface area contributed by atoms with Gasteiger partial charge in [-0.05, 0) is 42.5 Å². The van der Waals surface area contributed by atoms with E-state index in [1.165, 1.54) is 48.5 Å². The lowest BCUT2D eigenvalue weighted by Gasteiger charge is -2.13. The Kier molecular flexibility index (Phi) is 6.72. The average Bonchev–Trinajstić information content (AvgIpc) is 2.69. The van der Waals surface area contributed by atoms with Gasteiger partial charge >= 0.3 is 0 Å². The summed E-state index contributed by atoms with van der Waals surface area (Å²) < 4.78 is 41.0. The van der Waals surface area contributed by atoms with Crippen LogP contribution in [0, 0.1) is 5.82 Å². The molecule has 0 aromatic heterocycles. The van der Waals surface area contributed by atoms with E-state index in [1.54, 1.807) is 0 Å². The monoisotopic (exact) mass is 487 g/mol. The van der Waals surface area contributed by atoms with Crippen LogP contribution in [0.1, 0.15) is 10.4 Å². The first-order valence-corrected chi connectivity index (χ1v) is 10.9. The van der Waals surface area contributed by atoms with Gasteiger partial charge in [-0.1, -0.05) is 53.0 Å². The van der Waals surface area contributed by atoms with Gasteiger partial charge in [0.05, 0.1) is 26.3 Å². The molecule has 0 saturated carbocycles. The Balaban J connectivity index is 1.78. The number of halogens is 4. The fourth-order valence-corrected chi connectivity index (χ4v) is 4.43. The number of anilines is 2. The summed E-state index contributed by atoms with van der Waals surface area (Å²) in [6, 6.07) is 13.4. The summed E-state index contributed by atoms with van der Waals surface area (Å²) in [6.45, 7) is 0. The van der Waals surface area contributed by atoms with Crippen molar-refractivity contribution < 1.29 is 17.6 Å². The number of para-hydroxylation sites is 1. The summed E-state index contributed by atoms with van der Waals surface area (Å²) in [5.74, 6) is -1.38. The number of hydrogen-bond acceptors (Lipinski definition) is 4. The summed E-state index contributed by atoms with van der Waals surface area (Å²) in [6.07, 6.45) is 0. The minimum atomic E-state index is -4.12. The van der Waals surface area contributed by atoms with Gasteiger partial charge in [0, 0.05) is 10.6 Å². The molecule has 3 rings (SSSR count). The third-order valence-corrected chi connectivity index (χ3v) is 6.01. The van der Waals surface area contributed by atoms with Crippen LogP contribution in [-0.2, 0) is 10.0 Å². The molecule has 156 valence electrons. The van der Waals surface area contributed by atoms with Gasteiger partial charge in [-0.25, -0.2) is 12.8 Å². The van der Waals surface area contributed by atoms with E-state index in [4.69, 9.17) is 34.8 Å². The van der Waals surface area contributed by atoms with Crippen molar-refractivity contribution in [2.75, 3.05) is 10.1 Å². The third kappa shape index (κ3) is 5.14. The minimum absolute atomic E-state index is 0.0279. The van der Waals surface area contributed by atoms with Crippen LogP contribution >= 0.6 is 34.8 Å². The first-order valence-electron chi connectivity index (χ1n) is 8.26.